The number of methoxy groups -OCH3 is 1. The van der Waals surface area contributed by atoms with Gasteiger partial charge in [-0.25, -0.2) is 0 Å². The predicted molar refractivity (Wildman–Crippen MR) is 106 cm³/mol. The van der Waals surface area contributed by atoms with Gasteiger partial charge in [-0.1, -0.05) is 42.1 Å². The van der Waals surface area contributed by atoms with Crippen LogP contribution in [-0.2, 0) is 17.7 Å². The standard InChI is InChI=1S/C20H21N3O4S/c1-27-10-9-23-19(11-14-5-3-2-4-6-14)21-22-20(23)28-13-18(26)16-8-7-15(24)12-17(16)25/h2-8,12,24-25H,9-11,13H2,1H3. The summed E-state index contributed by atoms with van der Waals surface area (Å²) >= 11 is 1.26. The van der Waals surface area contributed by atoms with Crippen molar-refractivity contribution in [3.63, 3.8) is 0 Å². The van der Waals surface area contributed by atoms with Gasteiger partial charge in [0.15, 0.2) is 10.9 Å². The number of nitrogens with zero attached hydrogens (tertiary/aromatic N) is 3. The molecule has 1 aromatic heterocycles. The van der Waals surface area contributed by atoms with Gasteiger partial charge < -0.3 is 19.5 Å². The fourth-order valence-electron chi connectivity index (χ4n) is 2.71. The van der Waals surface area contributed by atoms with Gasteiger partial charge in [-0.2, -0.15) is 0 Å². The number of rotatable bonds is 9. The molecule has 0 aliphatic carbocycles. The lowest BCUT2D eigenvalue weighted by atomic mass is 10.1. The van der Waals surface area contributed by atoms with E-state index in [1.807, 2.05) is 34.9 Å². The lowest BCUT2D eigenvalue weighted by molar-refractivity contribution is 0.102. The summed E-state index contributed by atoms with van der Waals surface area (Å²) < 4.78 is 7.14. The first-order valence-corrected chi connectivity index (χ1v) is 9.70. The van der Waals surface area contributed by atoms with E-state index in [9.17, 15) is 15.0 Å². The minimum absolute atomic E-state index is 0.0911. The molecule has 28 heavy (non-hydrogen) atoms. The minimum Gasteiger partial charge on any atom is -0.508 e. The Labute approximate surface area is 167 Å². The van der Waals surface area contributed by atoms with Gasteiger partial charge in [0.05, 0.1) is 17.9 Å². The summed E-state index contributed by atoms with van der Waals surface area (Å²) in [6.45, 7) is 1.08. The number of ketones is 1. The van der Waals surface area contributed by atoms with Crippen molar-refractivity contribution in [2.24, 2.45) is 0 Å². The Kier molecular flexibility index (Phi) is 6.67. The number of phenols is 2. The second kappa shape index (κ2) is 9.38. The molecular formula is C20H21N3O4S. The fourth-order valence-corrected chi connectivity index (χ4v) is 3.57. The molecule has 2 N–H and O–H groups in total. The highest BCUT2D eigenvalue weighted by Gasteiger charge is 2.17. The van der Waals surface area contributed by atoms with Crippen LogP contribution in [0.15, 0.2) is 53.7 Å². The summed E-state index contributed by atoms with van der Waals surface area (Å²) in [5.74, 6) is 0.302. The summed E-state index contributed by atoms with van der Waals surface area (Å²) in [5.41, 5.74) is 1.29. The first-order valence-electron chi connectivity index (χ1n) is 8.71. The number of Topliss-reactive ketones (excluding diaryl/α,β-unsaturated/α-hetero) is 1. The number of phenolic OH excluding ortho intramolecular Hbond substituents is 2. The van der Waals surface area contributed by atoms with Crippen molar-refractivity contribution < 1.29 is 19.7 Å². The number of aromatic hydroxyl groups is 2. The first-order chi connectivity index (χ1) is 13.6. The third-order valence-corrected chi connectivity index (χ3v) is 5.10. The molecule has 0 aliphatic rings. The Morgan fingerprint density at radius 3 is 2.64 bits per heavy atom. The lowest BCUT2D eigenvalue weighted by Gasteiger charge is -2.10. The number of carbonyl (C=O) groups excluding carboxylic acids is 1. The monoisotopic (exact) mass is 399 g/mol. The topological polar surface area (TPSA) is 97.5 Å². The largest absolute Gasteiger partial charge is 0.508 e. The van der Waals surface area contributed by atoms with Gasteiger partial charge in [-0.15, -0.1) is 10.2 Å². The average molecular weight is 399 g/mol. The molecule has 1 heterocycles. The Balaban J connectivity index is 1.74. The SMILES string of the molecule is COCCn1c(Cc2ccccc2)nnc1SCC(=O)c1ccc(O)cc1O. The maximum absolute atomic E-state index is 12.4. The normalized spacial score (nSPS) is 10.9. The van der Waals surface area contributed by atoms with Gasteiger partial charge in [0.25, 0.3) is 0 Å². The van der Waals surface area contributed by atoms with E-state index in [0.717, 1.165) is 17.5 Å². The van der Waals surface area contributed by atoms with Gasteiger partial charge in [0.2, 0.25) is 0 Å². The molecule has 0 unspecified atom stereocenters. The van der Waals surface area contributed by atoms with Crippen LogP contribution in [0.25, 0.3) is 0 Å². The summed E-state index contributed by atoms with van der Waals surface area (Å²) in [6, 6.07) is 13.9. The van der Waals surface area contributed by atoms with Crippen LogP contribution in [0.3, 0.4) is 0 Å². The van der Waals surface area contributed by atoms with E-state index in [2.05, 4.69) is 10.2 Å². The van der Waals surface area contributed by atoms with E-state index in [1.165, 1.54) is 23.9 Å². The van der Waals surface area contributed by atoms with Crippen molar-refractivity contribution in [2.75, 3.05) is 19.5 Å². The van der Waals surface area contributed by atoms with Crippen LogP contribution in [-0.4, -0.2) is 50.2 Å². The number of benzene rings is 2. The number of thioether (sulfide) groups is 1. The highest BCUT2D eigenvalue weighted by Crippen LogP contribution is 2.26. The Bertz CT molecular complexity index is 944. The molecule has 0 aliphatic heterocycles. The molecule has 2 aromatic carbocycles. The number of carbonyl (C=O) groups is 1. The molecule has 0 atom stereocenters. The summed E-state index contributed by atoms with van der Waals surface area (Å²) in [7, 11) is 1.63. The fraction of sp³-hybridized carbons (Fsp3) is 0.250. The lowest BCUT2D eigenvalue weighted by Crippen LogP contribution is -2.11. The van der Waals surface area contributed by atoms with Gasteiger partial charge in [0.1, 0.15) is 17.3 Å². The van der Waals surface area contributed by atoms with Crippen molar-refractivity contribution >= 4 is 17.5 Å². The van der Waals surface area contributed by atoms with Crippen LogP contribution in [0, 0.1) is 0 Å². The van der Waals surface area contributed by atoms with Crippen molar-refractivity contribution in [1.29, 1.82) is 0 Å². The zero-order chi connectivity index (χ0) is 19.9. The molecule has 7 nitrogen and oxygen atoms in total. The molecule has 0 bridgehead atoms. The number of aromatic nitrogens is 3. The molecule has 146 valence electrons. The molecule has 0 radical (unpaired) electrons. The third-order valence-electron chi connectivity index (χ3n) is 4.13. The second-order valence-electron chi connectivity index (χ2n) is 6.12. The highest BCUT2D eigenvalue weighted by molar-refractivity contribution is 7.99. The Hall–Kier alpha value is -2.84. The summed E-state index contributed by atoms with van der Waals surface area (Å²) in [4.78, 5) is 12.4. The van der Waals surface area contributed by atoms with E-state index >= 15 is 0 Å². The number of ether oxygens (including phenoxy) is 1. The van der Waals surface area contributed by atoms with Crippen LogP contribution in [0.2, 0.25) is 0 Å². The van der Waals surface area contributed by atoms with Crippen LogP contribution in [0.1, 0.15) is 21.7 Å². The zero-order valence-corrected chi connectivity index (χ0v) is 16.2. The number of hydrogen-bond donors (Lipinski definition) is 2. The molecule has 3 rings (SSSR count). The van der Waals surface area contributed by atoms with Crippen molar-refractivity contribution in [1.82, 2.24) is 14.8 Å². The van der Waals surface area contributed by atoms with E-state index in [-0.39, 0.29) is 28.6 Å². The van der Waals surface area contributed by atoms with Crippen LogP contribution in [0.4, 0.5) is 0 Å². The van der Waals surface area contributed by atoms with Crippen molar-refractivity contribution in [3.8, 4) is 11.5 Å². The maximum atomic E-state index is 12.4. The van der Waals surface area contributed by atoms with E-state index < -0.39 is 0 Å². The average Bonchev–Trinajstić information content (AvgIpc) is 3.06. The van der Waals surface area contributed by atoms with Gasteiger partial charge >= 0.3 is 0 Å². The van der Waals surface area contributed by atoms with Crippen LogP contribution >= 0.6 is 11.8 Å². The Morgan fingerprint density at radius 1 is 1.14 bits per heavy atom. The predicted octanol–water partition coefficient (Wildman–Crippen LogP) is 2.90. The maximum Gasteiger partial charge on any atom is 0.191 e. The van der Waals surface area contributed by atoms with E-state index in [0.29, 0.717) is 24.7 Å². The minimum atomic E-state index is -0.256. The quantitative estimate of drug-likeness (QED) is 0.422. The first kappa shape index (κ1) is 19.9. The van der Waals surface area contributed by atoms with Crippen LogP contribution < -0.4 is 0 Å². The molecule has 0 saturated carbocycles. The van der Waals surface area contributed by atoms with Gasteiger partial charge in [-0.3, -0.25) is 4.79 Å². The second-order valence-corrected chi connectivity index (χ2v) is 7.06. The smallest absolute Gasteiger partial charge is 0.191 e. The van der Waals surface area contributed by atoms with Crippen molar-refractivity contribution in [3.05, 3.63) is 65.5 Å². The van der Waals surface area contributed by atoms with Gasteiger partial charge in [-0.05, 0) is 17.7 Å². The van der Waals surface area contributed by atoms with Crippen LogP contribution in [0.5, 0.6) is 11.5 Å². The molecular weight excluding hydrogens is 378 g/mol. The molecule has 8 heteroatoms. The zero-order valence-electron chi connectivity index (χ0n) is 15.4. The van der Waals surface area contributed by atoms with Crippen molar-refractivity contribution in [2.45, 2.75) is 18.1 Å². The molecule has 0 amide bonds. The molecule has 3 aromatic rings. The molecule has 0 saturated heterocycles. The summed E-state index contributed by atoms with van der Waals surface area (Å²) in [5, 5.41) is 28.4. The Morgan fingerprint density at radius 2 is 1.93 bits per heavy atom. The highest BCUT2D eigenvalue weighted by atomic mass is 32.2. The molecule has 0 spiro atoms. The third kappa shape index (κ3) is 4.90. The molecule has 0 fully saturated rings. The number of hydrogen-bond acceptors (Lipinski definition) is 7. The summed E-state index contributed by atoms with van der Waals surface area (Å²) in [6.07, 6.45) is 0.630. The van der Waals surface area contributed by atoms with Gasteiger partial charge in [0, 0.05) is 26.1 Å². The van der Waals surface area contributed by atoms with E-state index in [1.54, 1.807) is 7.11 Å². The van der Waals surface area contributed by atoms with E-state index in [4.69, 9.17) is 4.74 Å².